The molecule has 0 saturated heterocycles. The van der Waals surface area contributed by atoms with Gasteiger partial charge in [0.05, 0.1) is 14.9 Å². The molecule has 0 unspecified atom stereocenters. The quantitative estimate of drug-likeness (QED) is 0.823. The zero-order valence-electron chi connectivity index (χ0n) is 7.10. The van der Waals surface area contributed by atoms with Crippen molar-refractivity contribution in [1.82, 2.24) is 0 Å². The van der Waals surface area contributed by atoms with E-state index in [2.05, 4.69) is 12.2 Å². The first-order valence-electron chi connectivity index (χ1n) is 3.69. The number of hydrogen-bond donors (Lipinski definition) is 1. The lowest BCUT2D eigenvalue weighted by molar-refractivity contribution is 0.600. The van der Waals surface area contributed by atoms with E-state index in [0.29, 0.717) is 0 Å². The molecule has 1 aromatic carbocycles. The van der Waals surface area contributed by atoms with Gasteiger partial charge in [0.1, 0.15) is 5.75 Å². The summed E-state index contributed by atoms with van der Waals surface area (Å²) in [5, 5.41) is 0.184. The molecule has 6 heteroatoms. The van der Waals surface area contributed by atoms with Crippen molar-refractivity contribution in [2.75, 3.05) is 5.75 Å². The normalized spacial score (nSPS) is 11.2. The molecule has 1 aromatic rings. The number of benzene rings is 1. The lowest BCUT2D eigenvalue weighted by atomic mass is 10.4. The van der Waals surface area contributed by atoms with Crippen LogP contribution in [0.1, 0.15) is 0 Å². The molecule has 0 aliphatic heterocycles. The monoisotopic (exact) mass is 249 g/mol. The Kier molecular flexibility index (Phi) is 3.47. The van der Waals surface area contributed by atoms with Gasteiger partial charge in [-0.3, -0.25) is 0 Å². The summed E-state index contributed by atoms with van der Waals surface area (Å²) in [6.07, 6.45) is 0. The Labute approximate surface area is 92.8 Å². The summed E-state index contributed by atoms with van der Waals surface area (Å²) in [7, 11) is -3.49. The van der Waals surface area contributed by atoms with Gasteiger partial charge >= 0.3 is 0 Å². The highest BCUT2D eigenvalue weighted by molar-refractivity contribution is 7.94. The molecule has 1 rings (SSSR count). The van der Waals surface area contributed by atoms with Crippen molar-refractivity contribution in [3.63, 3.8) is 0 Å². The van der Waals surface area contributed by atoms with Crippen LogP contribution in [-0.4, -0.2) is 19.2 Å². The van der Waals surface area contributed by atoms with Gasteiger partial charge in [0.25, 0.3) is 0 Å². The Bertz CT molecular complexity index is 456. The largest absolute Gasteiger partial charge is 0.392 e. The molecule has 14 heavy (non-hydrogen) atoms. The zero-order valence-corrected chi connectivity index (χ0v) is 9.49. The molecule has 0 atom stereocenters. The molecule has 0 bridgehead atoms. The van der Waals surface area contributed by atoms with Crippen LogP contribution in [0, 0.1) is 0 Å². The van der Waals surface area contributed by atoms with E-state index in [1.165, 1.54) is 12.1 Å². The van der Waals surface area contributed by atoms with Crippen molar-refractivity contribution in [2.24, 2.45) is 5.73 Å². The SMILES string of the molecule is NC(=S)CS(=O)(=O)c1ccccc1Cl. The molecule has 3 nitrogen and oxygen atoms in total. The van der Waals surface area contributed by atoms with Gasteiger partial charge in [0.15, 0.2) is 9.84 Å². The van der Waals surface area contributed by atoms with Gasteiger partial charge in [-0.1, -0.05) is 36.0 Å². The summed E-state index contributed by atoms with van der Waals surface area (Å²) in [6, 6.07) is 6.18. The predicted molar refractivity (Wildman–Crippen MR) is 60.3 cm³/mol. The highest BCUT2D eigenvalue weighted by atomic mass is 35.5. The highest BCUT2D eigenvalue weighted by Crippen LogP contribution is 2.21. The number of halogens is 1. The van der Waals surface area contributed by atoms with Gasteiger partial charge in [0, 0.05) is 0 Å². The van der Waals surface area contributed by atoms with Crippen LogP contribution in [0.25, 0.3) is 0 Å². The van der Waals surface area contributed by atoms with Crippen LogP contribution in [0.3, 0.4) is 0 Å². The Morgan fingerprint density at radius 3 is 2.50 bits per heavy atom. The lowest BCUT2D eigenvalue weighted by Crippen LogP contribution is -2.21. The molecule has 0 amide bonds. The summed E-state index contributed by atoms with van der Waals surface area (Å²) in [4.78, 5) is -0.000568. The van der Waals surface area contributed by atoms with Crippen LogP contribution < -0.4 is 5.73 Å². The molecule has 0 aliphatic rings. The van der Waals surface area contributed by atoms with E-state index >= 15 is 0 Å². The van der Waals surface area contributed by atoms with Gasteiger partial charge in [-0.25, -0.2) is 8.42 Å². The third-order valence-corrected chi connectivity index (χ3v) is 3.99. The van der Waals surface area contributed by atoms with Gasteiger partial charge < -0.3 is 5.73 Å². The minimum atomic E-state index is -3.49. The molecule has 0 heterocycles. The fourth-order valence-corrected chi connectivity index (χ4v) is 3.10. The summed E-state index contributed by atoms with van der Waals surface area (Å²) in [5.41, 5.74) is 5.18. The number of sulfone groups is 1. The molecule has 0 radical (unpaired) electrons. The van der Waals surface area contributed by atoms with E-state index in [0.717, 1.165) is 0 Å². The van der Waals surface area contributed by atoms with Gasteiger partial charge in [-0.05, 0) is 12.1 Å². The maximum atomic E-state index is 11.6. The Morgan fingerprint density at radius 1 is 1.43 bits per heavy atom. The summed E-state index contributed by atoms with van der Waals surface area (Å²) in [5.74, 6) is -0.355. The summed E-state index contributed by atoms with van der Waals surface area (Å²) < 4.78 is 23.2. The van der Waals surface area contributed by atoms with E-state index in [9.17, 15) is 8.42 Å². The van der Waals surface area contributed by atoms with E-state index in [4.69, 9.17) is 17.3 Å². The average Bonchev–Trinajstić information content (AvgIpc) is 2.02. The standard InChI is InChI=1S/C8H8ClNO2S2/c9-6-3-1-2-4-7(6)14(11,12)5-8(10)13/h1-4H,5H2,(H2,10,13). The third-order valence-electron chi connectivity index (χ3n) is 1.50. The first-order chi connectivity index (χ1) is 6.43. The van der Waals surface area contributed by atoms with Crippen molar-refractivity contribution in [2.45, 2.75) is 4.90 Å². The van der Waals surface area contributed by atoms with Crippen LogP contribution >= 0.6 is 23.8 Å². The van der Waals surface area contributed by atoms with Crippen molar-refractivity contribution in [1.29, 1.82) is 0 Å². The third kappa shape index (κ3) is 2.67. The molecule has 0 fully saturated rings. The van der Waals surface area contributed by atoms with Crippen LogP contribution in [0.2, 0.25) is 5.02 Å². The fourth-order valence-electron chi connectivity index (χ4n) is 0.962. The average molecular weight is 250 g/mol. The number of hydrogen-bond acceptors (Lipinski definition) is 3. The second kappa shape index (κ2) is 4.25. The smallest absolute Gasteiger partial charge is 0.186 e. The predicted octanol–water partition coefficient (Wildman–Crippen LogP) is 1.40. The molecule has 76 valence electrons. The minimum absolute atomic E-state index is 0.0643. The highest BCUT2D eigenvalue weighted by Gasteiger charge is 2.18. The van der Waals surface area contributed by atoms with Crippen LogP contribution in [0.5, 0.6) is 0 Å². The zero-order chi connectivity index (χ0) is 10.8. The molecule has 0 aliphatic carbocycles. The van der Waals surface area contributed by atoms with Crippen LogP contribution in [0.15, 0.2) is 29.2 Å². The van der Waals surface area contributed by atoms with E-state index in [1.807, 2.05) is 0 Å². The van der Waals surface area contributed by atoms with Crippen molar-refractivity contribution >= 4 is 38.6 Å². The minimum Gasteiger partial charge on any atom is -0.392 e. The second-order valence-electron chi connectivity index (χ2n) is 2.66. The summed E-state index contributed by atoms with van der Waals surface area (Å²) in [6.45, 7) is 0. The maximum Gasteiger partial charge on any atom is 0.186 e. The first kappa shape index (κ1) is 11.4. The molecule has 0 saturated carbocycles. The Balaban J connectivity index is 3.17. The number of thiocarbonyl (C=S) groups is 1. The Morgan fingerprint density at radius 2 is 2.00 bits per heavy atom. The van der Waals surface area contributed by atoms with Crippen molar-refractivity contribution in [3.05, 3.63) is 29.3 Å². The molecular formula is C8H8ClNO2S2. The summed E-state index contributed by atoms with van der Waals surface area (Å²) >= 11 is 10.3. The number of nitrogens with two attached hydrogens (primary N) is 1. The topological polar surface area (TPSA) is 60.2 Å². The maximum absolute atomic E-state index is 11.6. The van der Waals surface area contributed by atoms with E-state index in [1.54, 1.807) is 12.1 Å². The van der Waals surface area contributed by atoms with Gasteiger partial charge in [-0.15, -0.1) is 0 Å². The van der Waals surface area contributed by atoms with Gasteiger partial charge in [0.2, 0.25) is 0 Å². The van der Waals surface area contributed by atoms with Crippen molar-refractivity contribution < 1.29 is 8.42 Å². The van der Waals surface area contributed by atoms with Crippen LogP contribution in [-0.2, 0) is 9.84 Å². The second-order valence-corrected chi connectivity index (χ2v) is 5.55. The van der Waals surface area contributed by atoms with E-state index < -0.39 is 9.84 Å². The number of rotatable bonds is 3. The molecular weight excluding hydrogens is 242 g/mol. The fraction of sp³-hybridized carbons (Fsp3) is 0.125. The molecule has 0 spiro atoms. The van der Waals surface area contributed by atoms with Crippen LogP contribution in [0.4, 0.5) is 0 Å². The van der Waals surface area contributed by atoms with E-state index in [-0.39, 0.29) is 20.7 Å². The Hall–Kier alpha value is -0.650. The molecule has 2 N–H and O–H groups in total. The molecule has 0 aromatic heterocycles. The van der Waals surface area contributed by atoms with Gasteiger partial charge in [-0.2, -0.15) is 0 Å². The van der Waals surface area contributed by atoms with Crippen molar-refractivity contribution in [3.8, 4) is 0 Å². The first-order valence-corrected chi connectivity index (χ1v) is 6.13. The lowest BCUT2D eigenvalue weighted by Gasteiger charge is -2.04.